The van der Waals surface area contributed by atoms with Crippen LogP contribution in [0.25, 0.3) is 0 Å². The van der Waals surface area contributed by atoms with Crippen molar-refractivity contribution >= 4 is 5.91 Å². The minimum atomic E-state index is 0.263. The Bertz CT molecular complexity index is 289. The molecule has 1 aliphatic heterocycles. The molecule has 0 unspecified atom stereocenters. The smallest absolute Gasteiger partial charge is 0.223 e. The summed E-state index contributed by atoms with van der Waals surface area (Å²) in [5, 5.41) is 3.17. The van der Waals surface area contributed by atoms with Gasteiger partial charge in [0.1, 0.15) is 0 Å². The number of hydrogen-bond donors (Lipinski definition) is 1. The zero-order chi connectivity index (χ0) is 13.7. The summed E-state index contributed by atoms with van der Waals surface area (Å²) < 4.78 is 5.35. The van der Waals surface area contributed by atoms with E-state index < -0.39 is 0 Å². The maximum Gasteiger partial charge on any atom is 0.223 e. The predicted octanol–water partition coefficient (Wildman–Crippen LogP) is 3.14. The summed E-state index contributed by atoms with van der Waals surface area (Å²) in [6.07, 6.45) is 7.99. The van der Waals surface area contributed by atoms with Crippen molar-refractivity contribution in [3.63, 3.8) is 0 Å². The molecule has 19 heavy (non-hydrogen) atoms. The molecule has 2 rings (SSSR count). The van der Waals surface area contributed by atoms with Crippen molar-refractivity contribution in [2.45, 2.75) is 58.8 Å². The molecule has 0 atom stereocenters. The second-order valence-electron chi connectivity index (χ2n) is 6.74. The Kier molecular flexibility index (Phi) is 5.26. The van der Waals surface area contributed by atoms with Gasteiger partial charge in [0.25, 0.3) is 0 Å². The van der Waals surface area contributed by atoms with Crippen molar-refractivity contribution in [2.24, 2.45) is 17.3 Å². The van der Waals surface area contributed by atoms with Crippen LogP contribution in [0.15, 0.2) is 0 Å². The Balaban J connectivity index is 1.69. The van der Waals surface area contributed by atoms with Gasteiger partial charge in [0.05, 0.1) is 0 Å². The van der Waals surface area contributed by atoms with E-state index in [4.69, 9.17) is 4.74 Å². The van der Waals surface area contributed by atoms with E-state index in [2.05, 4.69) is 19.2 Å². The minimum absolute atomic E-state index is 0.263. The lowest BCUT2D eigenvalue weighted by molar-refractivity contribution is -0.127. The molecule has 1 saturated carbocycles. The van der Waals surface area contributed by atoms with Gasteiger partial charge in [0, 0.05) is 25.7 Å². The largest absolute Gasteiger partial charge is 0.381 e. The van der Waals surface area contributed by atoms with Crippen LogP contribution in [0.3, 0.4) is 0 Å². The topological polar surface area (TPSA) is 38.3 Å². The van der Waals surface area contributed by atoms with E-state index in [-0.39, 0.29) is 5.92 Å². The van der Waals surface area contributed by atoms with Crippen LogP contribution in [-0.4, -0.2) is 25.7 Å². The summed E-state index contributed by atoms with van der Waals surface area (Å²) >= 11 is 0. The lowest BCUT2D eigenvalue weighted by atomic mass is 9.70. The van der Waals surface area contributed by atoms with Gasteiger partial charge in [-0.3, -0.25) is 4.79 Å². The molecule has 0 aromatic carbocycles. The second-order valence-corrected chi connectivity index (χ2v) is 6.74. The van der Waals surface area contributed by atoms with Crippen molar-refractivity contribution in [3.05, 3.63) is 0 Å². The van der Waals surface area contributed by atoms with Gasteiger partial charge in [0.2, 0.25) is 5.91 Å². The Morgan fingerprint density at radius 1 is 1.21 bits per heavy atom. The van der Waals surface area contributed by atoms with Crippen molar-refractivity contribution in [1.82, 2.24) is 5.32 Å². The highest BCUT2D eigenvalue weighted by Crippen LogP contribution is 2.40. The van der Waals surface area contributed by atoms with Crippen molar-refractivity contribution in [2.75, 3.05) is 19.8 Å². The molecule has 110 valence electrons. The van der Waals surface area contributed by atoms with Crippen LogP contribution < -0.4 is 5.32 Å². The second kappa shape index (κ2) is 6.74. The van der Waals surface area contributed by atoms with E-state index in [0.29, 0.717) is 17.2 Å². The fourth-order valence-electron chi connectivity index (χ4n) is 3.27. The third kappa shape index (κ3) is 4.20. The fourth-order valence-corrected chi connectivity index (χ4v) is 3.27. The van der Waals surface area contributed by atoms with Gasteiger partial charge in [-0.25, -0.2) is 0 Å². The predicted molar refractivity (Wildman–Crippen MR) is 76.9 cm³/mol. The Hall–Kier alpha value is -0.570. The van der Waals surface area contributed by atoms with Gasteiger partial charge in [-0.2, -0.15) is 0 Å². The zero-order valence-corrected chi connectivity index (χ0v) is 12.5. The number of amides is 1. The van der Waals surface area contributed by atoms with Crippen LogP contribution in [0.5, 0.6) is 0 Å². The first-order chi connectivity index (χ1) is 9.13. The summed E-state index contributed by atoms with van der Waals surface area (Å²) in [5.41, 5.74) is 0.484. The lowest BCUT2D eigenvalue weighted by Gasteiger charge is -2.36. The summed E-state index contributed by atoms with van der Waals surface area (Å²) in [4.78, 5) is 12.2. The maximum absolute atomic E-state index is 12.2. The summed E-state index contributed by atoms with van der Waals surface area (Å²) in [7, 11) is 0. The van der Waals surface area contributed by atoms with E-state index in [9.17, 15) is 4.79 Å². The number of ether oxygens (including phenoxy) is 1. The molecule has 2 fully saturated rings. The first-order valence-electron chi connectivity index (χ1n) is 7.98. The quantitative estimate of drug-likeness (QED) is 0.850. The normalized spacial score (nSPS) is 33.1. The summed E-state index contributed by atoms with van der Waals surface area (Å²) in [6, 6.07) is 0. The molecule has 0 aromatic heterocycles. The van der Waals surface area contributed by atoms with E-state index in [1.807, 2.05) is 0 Å². The molecule has 2 aliphatic rings. The van der Waals surface area contributed by atoms with E-state index >= 15 is 0 Å². The molecule has 0 bridgehead atoms. The molecule has 1 amide bonds. The molecule has 0 aromatic rings. The lowest BCUT2D eigenvalue weighted by Crippen LogP contribution is -2.38. The maximum atomic E-state index is 12.2. The number of carbonyl (C=O) groups excluding carboxylic acids is 1. The number of hydrogen-bond acceptors (Lipinski definition) is 2. The van der Waals surface area contributed by atoms with Crippen molar-refractivity contribution in [1.29, 1.82) is 0 Å². The standard InChI is InChI=1S/C16H29NO2/c1-3-16(2)8-4-14(5-9-16)15(18)17-12-13-6-10-19-11-7-13/h13-14H,3-12H2,1-2H3,(H,17,18). The molecule has 0 spiro atoms. The van der Waals surface area contributed by atoms with Crippen LogP contribution >= 0.6 is 0 Å². The molecule has 1 N–H and O–H groups in total. The Labute approximate surface area is 117 Å². The minimum Gasteiger partial charge on any atom is -0.381 e. The van der Waals surface area contributed by atoms with Crippen LogP contribution in [-0.2, 0) is 9.53 Å². The van der Waals surface area contributed by atoms with E-state index in [1.165, 1.54) is 19.3 Å². The average molecular weight is 267 g/mol. The van der Waals surface area contributed by atoms with Gasteiger partial charge in [-0.15, -0.1) is 0 Å². The number of carbonyl (C=O) groups is 1. The highest BCUT2D eigenvalue weighted by molar-refractivity contribution is 5.78. The van der Waals surface area contributed by atoms with Gasteiger partial charge < -0.3 is 10.1 Å². The van der Waals surface area contributed by atoms with Crippen LogP contribution in [0, 0.1) is 17.3 Å². The van der Waals surface area contributed by atoms with Gasteiger partial charge in [-0.1, -0.05) is 20.3 Å². The van der Waals surface area contributed by atoms with E-state index in [1.54, 1.807) is 0 Å². The van der Waals surface area contributed by atoms with Gasteiger partial charge >= 0.3 is 0 Å². The molecule has 1 aliphatic carbocycles. The van der Waals surface area contributed by atoms with Crippen LogP contribution in [0.2, 0.25) is 0 Å². The Morgan fingerprint density at radius 2 is 1.84 bits per heavy atom. The molecular weight excluding hydrogens is 238 g/mol. The van der Waals surface area contributed by atoms with Gasteiger partial charge in [0.15, 0.2) is 0 Å². The van der Waals surface area contributed by atoms with Crippen molar-refractivity contribution in [3.8, 4) is 0 Å². The highest BCUT2D eigenvalue weighted by atomic mass is 16.5. The third-order valence-electron chi connectivity index (χ3n) is 5.32. The zero-order valence-electron chi connectivity index (χ0n) is 12.5. The fraction of sp³-hybridized carbons (Fsp3) is 0.938. The molecule has 3 heteroatoms. The number of rotatable bonds is 4. The third-order valence-corrected chi connectivity index (χ3v) is 5.32. The van der Waals surface area contributed by atoms with Gasteiger partial charge in [-0.05, 0) is 49.9 Å². The summed E-state index contributed by atoms with van der Waals surface area (Å²) in [6.45, 7) is 7.20. The molecule has 1 heterocycles. The van der Waals surface area contributed by atoms with Crippen LogP contribution in [0.1, 0.15) is 58.8 Å². The monoisotopic (exact) mass is 267 g/mol. The van der Waals surface area contributed by atoms with Crippen LogP contribution in [0.4, 0.5) is 0 Å². The van der Waals surface area contributed by atoms with Crippen molar-refractivity contribution < 1.29 is 9.53 Å². The molecular formula is C16H29NO2. The SMILES string of the molecule is CCC1(C)CCC(C(=O)NCC2CCOCC2)CC1. The molecule has 0 radical (unpaired) electrons. The first kappa shape index (κ1) is 14.8. The average Bonchev–Trinajstić information content (AvgIpc) is 2.47. The highest BCUT2D eigenvalue weighted by Gasteiger charge is 2.32. The molecule has 1 saturated heterocycles. The summed E-state index contributed by atoms with van der Waals surface area (Å²) in [5.74, 6) is 1.19. The Morgan fingerprint density at radius 3 is 2.42 bits per heavy atom. The first-order valence-corrected chi connectivity index (χ1v) is 7.98. The number of nitrogens with one attached hydrogen (secondary N) is 1. The van der Waals surface area contributed by atoms with E-state index in [0.717, 1.165) is 45.4 Å². The molecule has 3 nitrogen and oxygen atoms in total.